The van der Waals surface area contributed by atoms with Crippen LogP contribution >= 0.6 is 23.4 Å². The Morgan fingerprint density at radius 3 is 2.41 bits per heavy atom. The summed E-state index contributed by atoms with van der Waals surface area (Å²) >= 11 is 7.46. The minimum Gasteiger partial charge on any atom is -0.396 e. The zero-order chi connectivity index (χ0) is 24.1. The van der Waals surface area contributed by atoms with Crippen molar-refractivity contribution in [1.82, 2.24) is 4.31 Å². The van der Waals surface area contributed by atoms with Gasteiger partial charge in [-0.15, -0.1) is 11.8 Å². The maximum Gasteiger partial charge on any atom is 0.244 e. The van der Waals surface area contributed by atoms with Crippen molar-refractivity contribution in [3.8, 4) is 11.1 Å². The number of hydrogen-bond donors (Lipinski definition) is 1. The fourth-order valence-corrected chi connectivity index (χ4v) is 7.55. The summed E-state index contributed by atoms with van der Waals surface area (Å²) in [5.41, 5.74) is 2.80. The van der Waals surface area contributed by atoms with E-state index in [1.807, 2.05) is 42.5 Å². The summed E-state index contributed by atoms with van der Waals surface area (Å²) in [4.78, 5) is 13.4. The summed E-state index contributed by atoms with van der Waals surface area (Å²) < 4.78 is 28.2. The molecule has 3 aromatic rings. The van der Waals surface area contributed by atoms with E-state index in [0.717, 1.165) is 16.7 Å². The molecule has 1 aliphatic rings. The second-order valence-electron chi connectivity index (χ2n) is 8.16. The van der Waals surface area contributed by atoms with Crippen LogP contribution in [0.25, 0.3) is 11.1 Å². The lowest BCUT2D eigenvalue weighted by Crippen LogP contribution is -2.39. The number of nitrogens with zero attached hydrogens (tertiary/aromatic N) is 1. The summed E-state index contributed by atoms with van der Waals surface area (Å²) in [7, 11) is -3.83. The van der Waals surface area contributed by atoms with E-state index in [1.165, 1.54) is 16.1 Å². The van der Waals surface area contributed by atoms with Gasteiger partial charge in [0.25, 0.3) is 0 Å². The third kappa shape index (κ3) is 5.56. The summed E-state index contributed by atoms with van der Waals surface area (Å²) in [6.45, 7) is 0.212. The van der Waals surface area contributed by atoms with Gasteiger partial charge in [0.1, 0.15) is 5.37 Å². The number of rotatable bonds is 9. The molecule has 2 atom stereocenters. The van der Waals surface area contributed by atoms with Crippen molar-refractivity contribution in [2.24, 2.45) is 0 Å². The maximum atomic E-state index is 13.4. The highest BCUT2D eigenvalue weighted by molar-refractivity contribution is 8.02. The van der Waals surface area contributed by atoms with E-state index in [0.29, 0.717) is 17.2 Å². The van der Waals surface area contributed by atoms with E-state index < -0.39 is 15.4 Å². The van der Waals surface area contributed by atoms with Gasteiger partial charge in [-0.2, -0.15) is 4.31 Å². The molecule has 1 saturated heterocycles. The Kier molecular flexibility index (Phi) is 8.11. The normalized spacial score (nSPS) is 17.5. The first-order chi connectivity index (χ1) is 16.4. The zero-order valence-electron chi connectivity index (χ0n) is 18.5. The Morgan fingerprint density at radius 2 is 1.74 bits per heavy atom. The van der Waals surface area contributed by atoms with Gasteiger partial charge in [0.05, 0.1) is 4.90 Å². The molecule has 1 fully saturated rings. The Hall–Kier alpha value is -2.16. The number of carbonyl (C=O) groups excluding carboxylic acids is 1. The van der Waals surface area contributed by atoms with Crippen molar-refractivity contribution in [2.75, 3.05) is 18.9 Å². The molecule has 0 radical (unpaired) electrons. The maximum absolute atomic E-state index is 13.4. The minimum atomic E-state index is -3.83. The van der Waals surface area contributed by atoms with Crippen LogP contribution in [0.3, 0.4) is 0 Å². The fourth-order valence-electron chi connectivity index (χ4n) is 4.19. The molecule has 1 N–H and O–H groups in total. The minimum absolute atomic E-state index is 0.0714. The van der Waals surface area contributed by atoms with Gasteiger partial charge in [-0.25, -0.2) is 8.42 Å². The average molecular weight is 516 g/mol. The molecule has 3 aromatic carbocycles. The summed E-state index contributed by atoms with van der Waals surface area (Å²) in [5, 5.41) is 9.31. The molecule has 0 bridgehead atoms. The molecule has 0 aliphatic carbocycles. The first-order valence-electron chi connectivity index (χ1n) is 11.1. The Balaban J connectivity index is 1.53. The van der Waals surface area contributed by atoms with Crippen LogP contribution in [-0.2, 0) is 14.8 Å². The average Bonchev–Trinajstić information content (AvgIpc) is 3.36. The van der Waals surface area contributed by atoms with Gasteiger partial charge in [0.2, 0.25) is 10.0 Å². The number of ketones is 1. The fraction of sp³-hybridized carbons (Fsp3) is 0.269. The Labute approximate surface area is 209 Å². The second kappa shape index (κ2) is 11.1. The first-order valence-corrected chi connectivity index (χ1v) is 13.9. The van der Waals surface area contributed by atoms with Crippen molar-refractivity contribution in [3.63, 3.8) is 0 Å². The molecule has 0 amide bonds. The molecule has 178 valence electrons. The smallest absolute Gasteiger partial charge is 0.244 e. The number of Topliss-reactive ketones (excluding diaryl/α,β-unsaturated/α-hetero) is 1. The Bertz CT molecular complexity index is 1230. The van der Waals surface area contributed by atoms with Gasteiger partial charge in [0.15, 0.2) is 5.78 Å². The van der Waals surface area contributed by atoms with E-state index in [1.54, 1.807) is 36.4 Å². The summed E-state index contributed by atoms with van der Waals surface area (Å²) in [6.07, 6.45) is 0.536. The van der Waals surface area contributed by atoms with Crippen LogP contribution < -0.4 is 0 Å². The first kappa shape index (κ1) is 24.9. The van der Waals surface area contributed by atoms with Gasteiger partial charge < -0.3 is 5.11 Å². The molecule has 34 heavy (non-hydrogen) atoms. The van der Waals surface area contributed by atoms with Crippen LogP contribution in [0.5, 0.6) is 0 Å². The van der Waals surface area contributed by atoms with E-state index in [9.17, 15) is 18.3 Å². The highest BCUT2D eigenvalue weighted by Crippen LogP contribution is 2.35. The number of halogens is 1. The van der Waals surface area contributed by atoms with Crippen molar-refractivity contribution < 1.29 is 18.3 Å². The number of hydrogen-bond acceptors (Lipinski definition) is 5. The monoisotopic (exact) mass is 515 g/mol. The highest BCUT2D eigenvalue weighted by atomic mass is 35.5. The molecule has 1 heterocycles. The molecular formula is C26H26ClNO4S2. The molecule has 0 saturated carbocycles. The second-order valence-corrected chi connectivity index (χ2v) is 11.7. The van der Waals surface area contributed by atoms with Gasteiger partial charge in [-0.1, -0.05) is 66.2 Å². The highest BCUT2D eigenvalue weighted by Gasteiger charge is 2.40. The summed E-state index contributed by atoms with van der Waals surface area (Å²) in [5.74, 6) is 0.164. The van der Waals surface area contributed by atoms with Crippen LogP contribution in [0.2, 0.25) is 5.02 Å². The van der Waals surface area contributed by atoms with Gasteiger partial charge in [-0.05, 0) is 53.3 Å². The Morgan fingerprint density at radius 1 is 1.03 bits per heavy atom. The van der Waals surface area contributed by atoms with Crippen molar-refractivity contribution in [3.05, 3.63) is 89.4 Å². The van der Waals surface area contributed by atoms with Crippen LogP contribution in [-0.4, -0.2) is 47.9 Å². The van der Waals surface area contributed by atoms with E-state index in [4.69, 9.17) is 11.6 Å². The standard InChI is InChI=1S/C26H26ClNO4S2/c27-23-8-4-7-21(17-23)22(13-15-29)18-25(30)26-28(14-16-33-26)34(31,32)24-11-9-20(10-12-24)19-5-2-1-3-6-19/h1-12,17,22,26,29H,13-16,18H2. The van der Waals surface area contributed by atoms with Gasteiger partial charge in [0, 0.05) is 30.3 Å². The van der Waals surface area contributed by atoms with Crippen molar-refractivity contribution >= 4 is 39.2 Å². The van der Waals surface area contributed by atoms with E-state index in [2.05, 4.69) is 0 Å². The summed E-state index contributed by atoms with van der Waals surface area (Å²) in [6, 6.07) is 23.8. The number of aliphatic hydroxyl groups is 1. The predicted octanol–water partition coefficient (Wildman–Crippen LogP) is 5.20. The largest absolute Gasteiger partial charge is 0.396 e. The van der Waals surface area contributed by atoms with E-state index in [-0.39, 0.29) is 36.2 Å². The van der Waals surface area contributed by atoms with Crippen molar-refractivity contribution in [1.29, 1.82) is 0 Å². The van der Waals surface area contributed by atoms with Gasteiger partial charge >= 0.3 is 0 Å². The zero-order valence-corrected chi connectivity index (χ0v) is 20.9. The molecule has 0 spiro atoms. The number of thioether (sulfide) groups is 1. The van der Waals surface area contributed by atoms with Crippen LogP contribution in [0.1, 0.15) is 24.3 Å². The molecular weight excluding hydrogens is 490 g/mol. The quantitative estimate of drug-likeness (QED) is 0.424. The molecule has 2 unspecified atom stereocenters. The molecule has 0 aromatic heterocycles. The molecule has 1 aliphatic heterocycles. The lowest BCUT2D eigenvalue weighted by atomic mass is 9.91. The predicted molar refractivity (Wildman–Crippen MR) is 138 cm³/mol. The SMILES string of the molecule is O=C(CC(CCO)c1cccc(Cl)c1)C1SCCN1S(=O)(=O)c1ccc(-c2ccccc2)cc1. The number of sulfonamides is 1. The molecule has 5 nitrogen and oxygen atoms in total. The third-order valence-corrected chi connectivity index (χ3v) is 9.44. The van der Waals surface area contributed by atoms with Crippen LogP contribution in [0, 0.1) is 0 Å². The van der Waals surface area contributed by atoms with Crippen LogP contribution in [0.15, 0.2) is 83.8 Å². The lowest BCUT2D eigenvalue weighted by Gasteiger charge is -2.24. The van der Waals surface area contributed by atoms with Crippen molar-refractivity contribution in [2.45, 2.75) is 29.0 Å². The molecule has 4 rings (SSSR count). The molecule has 8 heteroatoms. The number of aliphatic hydroxyl groups excluding tert-OH is 1. The van der Waals surface area contributed by atoms with E-state index >= 15 is 0 Å². The van der Waals surface area contributed by atoms with Crippen LogP contribution in [0.4, 0.5) is 0 Å². The topological polar surface area (TPSA) is 74.7 Å². The lowest BCUT2D eigenvalue weighted by molar-refractivity contribution is -0.120. The van der Waals surface area contributed by atoms with Gasteiger partial charge in [-0.3, -0.25) is 4.79 Å². The third-order valence-electron chi connectivity index (χ3n) is 5.94. The number of benzene rings is 3. The number of carbonyl (C=O) groups is 1.